The molecule has 0 spiro atoms. The molecule has 2 aromatic heterocycles. The van der Waals surface area contributed by atoms with Crippen LogP contribution in [0.5, 0.6) is 0 Å². The summed E-state index contributed by atoms with van der Waals surface area (Å²) in [5.74, 6) is -0.169. The second-order valence-electron chi connectivity index (χ2n) is 7.56. The van der Waals surface area contributed by atoms with E-state index in [0.29, 0.717) is 17.1 Å². The van der Waals surface area contributed by atoms with Gasteiger partial charge < -0.3 is 9.42 Å². The number of benzene rings is 1. The van der Waals surface area contributed by atoms with Gasteiger partial charge in [-0.05, 0) is 26.8 Å². The van der Waals surface area contributed by atoms with Crippen LogP contribution in [0.1, 0.15) is 27.6 Å². The third-order valence-electron chi connectivity index (χ3n) is 5.47. The summed E-state index contributed by atoms with van der Waals surface area (Å²) < 4.78 is 33.6. The first-order valence-electron chi connectivity index (χ1n) is 10.0. The Labute approximate surface area is 188 Å². The molecule has 1 amide bonds. The fraction of sp³-hybridized carbons (Fsp3) is 0.368. The fourth-order valence-electron chi connectivity index (χ4n) is 3.76. The van der Waals surface area contributed by atoms with Gasteiger partial charge in [0.2, 0.25) is 10.0 Å². The van der Waals surface area contributed by atoms with Crippen LogP contribution in [0.3, 0.4) is 0 Å². The van der Waals surface area contributed by atoms with Gasteiger partial charge in [0.05, 0.1) is 16.3 Å². The standard InChI is InChI=1S/C19H21N7O6S/c1-12-18(14(3)32-21-12)33(30,31)24-9-7-23(8-10-24)19(27)17-13(2)25(22-20-17)15-5-4-6-16(11-15)26(28)29/h4-6,11H,7-10H2,1-3H3. The Morgan fingerprint density at radius 3 is 2.45 bits per heavy atom. The summed E-state index contributed by atoms with van der Waals surface area (Å²) in [7, 11) is -3.79. The Kier molecular flexibility index (Phi) is 5.71. The lowest BCUT2D eigenvalue weighted by atomic mass is 10.2. The third kappa shape index (κ3) is 3.98. The van der Waals surface area contributed by atoms with E-state index >= 15 is 0 Å². The zero-order valence-electron chi connectivity index (χ0n) is 18.1. The van der Waals surface area contributed by atoms with Crippen molar-refractivity contribution in [3.05, 3.63) is 57.2 Å². The number of sulfonamides is 1. The zero-order chi connectivity index (χ0) is 23.9. The molecule has 0 N–H and O–H groups in total. The molecule has 0 atom stereocenters. The predicted octanol–water partition coefficient (Wildman–Crippen LogP) is 1.24. The molecule has 1 saturated heterocycles. The lowest BCUT2D eigenvalue weighted by Crippen LogP contribution is -2.50. The van der Waals surface area contributed by atoms with Crippen molar-refractivity contribution >= 4 is 21.6 Å². The summed E-state index contributed by atoms with van der Waals surface area (Å²) >= 11 is 0. The lowest BCUT2D eigenvalue weighted by Gasteiger charge is -2.33. The topological polar surface area (TPSA) is 158 Å². The molecular weight excluding hydrogens is 454 g/mol. The highest BCUT2D eigenvalue weighted by Gasteiger charge is 2.35. The van der Waals surface area contributed by atoms with E-state index < -0.39 is 20.9 Å². The van der Waals surface area contributed by atoms with Crippen LogP contribution in [0.25, 0.3) is 5.69 Å². The van der Waals surface area contributed by atoms with Crippen LogP contribution in [0.4, 0.5) is 5.69 Å². The molecule has 0 radical (unpaired) electrons. The van der Waals surface area contributed by atoms with Crippen LogP contribution >= 0.6 is 0 Å². The maximum atomic E-state index is 13.0. The smallest absolute Gasteiger partial charge is 0.276 e. The molecule has 3 aromatic rings. The molecule has 1 aromatic carbocycles. The molecule has 174 valence electrons. The van der Waals surface area contributed by atoms with Crippen molar-refractivity contribution in [2.24, 2.45) is 0 Å². The monoisotopic (exact) mass is 475 g/mol. The average molecular weight is 475 g/mol. The van der Waals surface area contributed by atoms with E-state index in [4.69, 9.17) is 4.52 Å². The summed E-state index contributed by atoms with van der Waals surface area (Å²) in [6, 6.07) is 5.85. The van der Waals surface area contributed by atoms with Crippen molar-refractivity contribution in [2.75, 3.05) is 26.2 Å². The Bertz CT molecular complexity index is 1320. The number of hydrogen-bond donors (Lipinski definition) is 0. The molecule has 13 nitrogen and oxygen atoms in total. The van der Waals surface area contributed by atoms with Gasteiger partial charge in [-0.2, -0.15) is 4.31 Å². The van der Waals surface area contributed by atoms with Crippen LogP contribution in [-0.4, -0.2) is 74.8 Å². The number of piperazine rings is 1. The van der Waals surface area contributed by atoms with Gasteiger partial charge in [-0.3, -0.25) is 14.9 Å². The highest BCUT2D eigenvalue weighted by atomic mass is 32.2. The van der Waals surface area contributed by atoms with Crippen LogP contribution in [0.15, 0.2) is 33.7 Å². The van der Waals surface area contributed by atoms with Crippen LogP contribution in [-0.2, 0) is 10.0 Å². The van der Waals surface area contributed by atoms with Gasteiger partial charge >= 0.3 is 0 Å². The van der Waals surface area contributed by atoms with Gasteiger partial charge in [0, 0.05) is 38.3 Å². The van der Waals surface area contributed by atoms with Crippen LogP contribution in [0.2, 0.25) is 0 Å². The number of nitro benzene ring substituents is 1. The van der Waals surface area contributed by atoms with Gasteiger partial charge in [0.1, 0.15) is 10.6 Å². The van der Waals surface area contributed by atoms with Crippen LogP contribution < -0.4 is 0 Å². The number of amides is 1. The lowest BCUT2D eigenvalue weighted by molar-refractivity contribution is -0.384. The van der Waals surface area contributed by atoms with Crippen molar-refractivity contribution in [3.8, 4) is 5.69 Å². The first-order valence-corrected chi connectivity index (χ1v) is 11.4. The van der Waals surface area contributed by atoms with Gasteiger partial charge in [-0.25, -0.2) is 13.1 Å². The molecule has 4 rings (SSSR count). The quantitative estimate of drug-likeness (QED) is 0.391. The maximum absolute atomic E-state index is 13.0. The summed E-state index contributed by atoms with van der Waals surface area (Å²) in [5, 5.41) is 22.7. The van der Waals surface area contributed by atoms with Gasteiger partial charge in [-0.1, -0.05) is 16.4 Å². The Balaban J connectivity index is 1.50. The molecule has 0 bridgehead atoms. The molecule has 14 heteroatoms. The zero-order valence-corrected chi connectivity index (χ0v) is 18.9. The molecule has 1 aliphatic rings. The second kappa shape index (κ2) is 8.37. The molecular formula is C19H21N7O6S. The number of aryl methyl sites for hydroxylation is 2. The summed E-state index contributed by atoms with van der Waals surface area (Å²) in [6.45, 7) is 5.31. The number of aromatic nitrogens is 4. The average Bonchev–Trinajstić information content (AvgIpc) is 3.35. The van der Waals surface area contributed by atoms with Crippen molar-refractivity contribution in [1.82, 2.24) is 29.4 Å². The maximum Gasteiger partial charge on any atom is 0.276 e. The summed E-state index contributed by atoms with van der Waals surface area (Å²) in [4.78, 5) is 25.1. The minimum atomic E-state index is -3.79. The molecule has 0 saturated carbocycles. The van der Waals surface area contributed by atoms with Crippen LogP contribution in [0, 0.1) is 30.9 Å². The second-order valence-corrected chi connectivity index (χ2v) is 9.44. The first kappa shape index (κ1) is 22.5. The van der Waals surface area contributed by atoms with E-state index in [1.54, 1.807) is 26.8 Å². The Hall–Kier alpha value is -3.65. The van der Waals surface area contributed by atoms with Crippen molar-refractivity contribution in [3.63, 3.8) is 0 Å². The molecule has 33 heavy (non-hydrogen) atoms. The number of hydrogen-bond acceptors (Lipinski definition) is 9. The molecule has 1 fully saturated rings. The van der Waals surface area contributed by atoms with Crippen molar-refractivity contribution in [1.29, 1.82) is 0 Å². The third-order valence-corrected chi connectivity index (χ3v) is 7.62. The van der Waals surface area contributed by atoms with Gasteiger partial charge in [0.15, 0.2) is 11.5 Å². The summed E-state index contributed by atoms with van der Waals surface area (Å²) in [5.41, 5.74) is 1.11. The predicted molar refractivity (Wildman–Crippen MR) is 113 cm³/mol. The number of carbonyl (C=O) groups excluding carboxylic acids is 1. The number of non-ortho nitro benzene ring substituents is 1. The number of nitro groups is 1. The van der Waals surface area contributed by atoms with Crippen molar-refractivity contribution < 1.29 is 22.7 Å². The van der Waals surface area contributed by atoms with E-state index in [1.807, 2.05) is 0 Å². The molecule has 3 heterocycles. The first-order chi connectivity index (χ1) is 15.6. The largest absolute Gasteiger partial charge is 0.360 e. The minimum Gasteiger partial charge on any atom is -0.360 e. The SMILES string of the molecule is Cc1noc(C)c1S(=O)(=O)N1CCN(C(=O)c2nnn(-c3cccc([N+](=O)[O-])c3)c2C)CC1. The normalized spacial score (nSPS) is 15.1. The molecule has 0 aliphatic carbocycles. The fourth-order valence-corrected chi connectivity index (χ4v) is 5.48. The van der Waals surface area contributed by atoms with Gasteiger partial charge in [-0.15, -0.1) is 5.10 Å². The Morgan fingerprint density at radius 1 is 1.15 bits per heavy atom. The summed E-state index contributed by atoms with van der Waals surface area (Å²) in [6.07, 6.45) is 0. The number of nitrogens with zero attached hydrogens (tertiary/aromatic N) is 7. The number of carbonyl (C=O) groups is 1. The van der Waals surface area contributed by atoms with E-state index in [9.17, 15) is 23.3 Å². The highest BCUT2D eigenvalue weighted by Crippen LogP contribution is 2.25. The molecule has 0 unspecified atom stereocenters. The van der Waals surface area contributed by atoms with E-state index in [-0.39, 0.29) is 48.2 Å². The van der Waals surface area contributed by atoms with E-state index in [1.165, 1.54) is 32.1 Å². The van der Waals surface area contributed by atoms with Crippen molar-refractivity contribution in [2.45, 2.75) is 25.7 Å². The van der Waals surface area contributed by atoms with Gasteiger partial charge in [0.25, 0.3) is 11.6 Å². The minimum absolute atomic E-state index is 0.0537. The molecule has 1 aliphatic heterocycles. The van der Waals surface area contributed by atoms with E-state index in [0.717, 1.165) is 0 Å². The number of rotatable bonds is 5. The van der Waals surface area contributed by atoms with E-state index in [2.05, 4.69) is 15.5 Å². The highest BCUT2D eigenvalue weighted by molar-refractivity contribution is 7.89. The Morgan fingerprint density at radius 2 is 1.85 bits per heavy atom.